The summed E-state index contributed by atoms with van der Waals surface area (Å²) < 4.78 is 10.7. The monoisotopic (exact) mass is 432 g/mol. The van der Waals surface area contributed by atoms with E-state index in [-0.39, 0.29) is 18.3 Å². The zero-order valence-corrected chi connectivity index (χ0v) is 18.5. The molecule has 3 rings (SSSR count). The van der Waals surface area contributed by atoms with Crippen LogP contribution in [0.4, 0.5) is 0 Å². The maximum atomic E-state index is 12.8. The average molecular weight is 433 g/mol. The highest BCUT2D eigenvalue weighted by Crippen LogP contribution is 2.38. The summed E-state index contributed by atoms with van der Waals surface area (Å²) in [5, 5.41) is 0. The molecule has 1 saturated heterocycles. The largest absolute Gasteiger partial charge is 0.494 e. The van der Waals surface area contributed by atoms with Crippen LogP contribution in [-0.2, 0) is 19.1 Å². The molecule has 1 aliphatic heterocycles. The molecule has 1 aromatic rings. The van der Waals surface area contributed by atoms with E-state index in [4.69, 9.17) is 14.3 Å². The lowest BCUT2D eigenvalue weighted by molar-refractivity contribution is -0.151. The van der Waals surface area contributed by atoms with Gasteiger partial charge in [-0.2, -0.15) is 0 Å². The van der Waals surface area contributed by atoms with Gasteiger partial charge in [-0.25, -0.2) is 4.79 Å². The molecule has 2 fully saturated rings. The third-order valence-corrected chi connectivity index (χ3v) is 6.24. The summed E-state index contributed by atoms with van der Waals surface area (Å²) in [7, 11) is 1.42. The first-order valence-electron chi connectivity index (χ1n) is 11.3. The van der Waals surface area contributed by atoms with Gasteiger partial charge in [0, 0.05) is 13.0 Å². The number of esters is 1. The summed E-state index contributed by atoms with van der Waals surface area (Å²) in [5.74, 6) is 1.76. The number of nitrogens with two attached hydrogens (primary N) is 1. The van der Waals surface area contributed by atoms with Crippen LogP contribution in [0.15, 0.2) is 30.3 Å². The van der Waals surface area contributed by atoms with Gasteiger partial charge in [0.15, 0.2) is 0 Å². The highest BCUT2D eigenvalue weighted by Gasteiger charge is 2.42. The van der Waals surface area contributed by atoms with Crippen molar-refractivity contribution in [2.24, 2.45) is 17.6 Å². The van der Waals surface area contributed by atoms with Crippen molar-refractivity contribution in [3.63, 3.8) is 0 Å². The lowest BCUT2D eigenvalue weighted by Crippen LogP contribution is -2.41. The molecular weight excluding hydrogens is 396 g/mol. The molecule has 7 nitrogen and oxygen atoms in total. The van der Waals surface area contributed by atoms with Gasteiger partial charge in [-0.05, 0) is 43.2 Å². The Morgan fingerprint density at radius 3 is 2.42 bits per heavy atom. The summed E-state index contributed by atoms with van der Waals surface area (Å²) in [6, 6.07) is 9.32. The second kappa shape index (κ2) is 13.7. The fourth-order valence-corrected chi connectivity index (χ4v) is 4.68. The van der Waals surface area contributed by atoms with Gasteiger partial charge < -0.3 is 20.1 Å². The van der Waals surface area contributed by atoms with Crippen molar-refractivity contribution in [2.75, 3.05) is 20.3 Å². The van der Waals surface area contributed by atoms with Crippen molar-refractivity contribution in [3.8, 4) is 5.75 Å². The molecule has 0 spiro atoms. The lowest BCUT2D eigenvalue weighted by Gasteiger charge is -2.27. The number of rotatable bonds is 8. The zero-order chi connectivity index (χ0) is 22.5. The van der Waals surface area contributed by atoms with Crippen LogP contribution in [0.2, 0.25) is 0 Å². The topological polar surface area (TPSA) is 98.9 Å². The van der Waals surface area contributed by atoms with Gasteiger partial charge in [-0.1, -0.05) is 50.3 Å². The number of nitrogens with zero attached hydrogens (tertiary/aromatic N) is 1. The Balaban J connectivity index is 0.00000107. The smallest absolute Gasteiger partial charge is 0.328 e. The third kappa shape index (κ3) is 7.89. The van der Waals surface area contributed by atoms with Gasteiger partial charge in [0.05, 0.1) is 13.7 Å². The molecule has 7 heteroatoms. The quantitative estimate of drug-likeness (QED) is 0.386. The van der Waals surface area contributed by atoms with Crippen molar-refractivity contribution in [1.29, 1.82) is 0 Å². The van der Waals surface area contributed by atoms with Crippen molar-refractivity contribution in [3.05, 3.63) is 30.3 Å². The molecule has 0 bridgehead atoms. The van der Waals surface area contributed by atoms with E-state index in [1.165, 1.54) is 39.2 Å². The first-order valence-corrected chi connectivity index (χ1v) is 11.3. The third-order valence-electron chi connectivity index (χ3n) is 6.24. The second-order valence-electron chi connectivity index (χ2n) is 8.23. The Bertz CT molecular complexity index is 676. The van der Waals surface area contributed by atoms with Gasteiger partial charge in [-0.3, -0.25) is 9.59 Å². The van der Waals surface area contributed by atoms with Crippen LogP contribution in [0.3, 0.4) is 0 Å². The summed E-state index contributed by atoms with van der Waals surface area (Å²) >= 11 is 0. The Kier molecular flexibility index (Phi) is 10.9. The van der Waals surface area contributed by atoms with Gasteiger partial charge >= 0.3 is 5.97 Å². The fraction of sp³-hybridized carbons (Fsp3) is 0.625. The van der Waals surface area contributed by atoms with Crippen LogP contribution in [0.25, 0.3) is 0 Å². The second-order valence-corrected chi connectivity index (χ2v) is 8.23. The minimum atomic E-state index is -0.398. The predicted molar refractivity (Wildman–Crippen MR) is 118 cm³/mol. The van der Waals surface area contributed by atoms with Crippen molar-refractivity contribution in [2.45, 2.75) is 63.8 Å². The van der Waals surface area contributed by atoms with Gasteiger partial charge in [0.1, 0.15) is 11.8 Å². The van der Waals surface area contributed by atoms with Crippen LogP contribution < -0.4 is 10.5 Å². The molecule has 1 heterocycles. The SMILES string of the molecule is COC(=O)C1CC(C2CCCCC2)CN1C(=O)CCCCOc1ccccc1.NC=O. The number of hydrogen-bond donors (Lipinski definition) is 1. The molecule has 1 aromatic carbocycles. The fourth-order valence-electron chi connectivity index (χ4n) is 4.68. The molecule has 0 aromatic heterocycles. The number of carbonyl (C=O) groups excluding carboxylic acids is 3. The number of primary amides is 1. The van der Waals surface area contributed by atoms with E-state index in [9.17, 15) is 9.59 Å². The van der Waals surface area contributed by atoms with E-state index < -0.39 is 6.04 Å². The number of ether oxygens (including phenoxy) is 2. The lowest BCUT2D eigenvalue weighted by atomic mass is 9.79. The van der Waals surface area contributed by atoms with E-state index in [2.05, 4.69) is 5.73 Å². The van der Waals surface area contributed by atoms with Crippen LogP contribution >= 0.6 is 0 Å². The molecule has 2 aliphatic rings. The van der Waals surface area contributed by atoms with E-state index in [0.717, 1.165) is 25.0 Å². The molecule has 2 amide bonds. The number of likely N-dealkylation sites (tertiary alicyclic amines) is 1. The first-order chi connectivity index (χ1) is 15.1. The highest BCUT2D eigenvalue weighted by atomic mass is 16.5. The summed E-state index contributed by atoms with van der Waals surface area (Å²) in [4.78, 5) is 35.4. The summed E-state index contributed by atoms with van der Waals surface area (Å²) in [5.41, 5.74) is 4.17. The van der Waals surface area contributed by atoms with E-state index in [0.29, 0.717) is 31.4 Å². The van der Waals surface area contributed by atoms with Crippen molar-refractivity contribution in [1.82, 2.24) is 4.90 Å². The molecule has 31 heavy (non-hydrogen) atoms. The summed E-state index contributed by atoms with van der Waals surface area (Å²) in [6.07, 6.45) is 9.40. The summed E-state index contributed by atoms with van der Waals surface area (Å²) in [6.45, 7) is 1.31. The minimum Gasteiger partial charge on any atom is -0.494 e. The number of unbranched alkanes of at least 4 members (excludes halogenated alkanes) is 1. The van der Waals surface area contributed by atoms with E-state index in [1.54, 1.807) is 4.90 Å². The predicted octanol–water partition coefficient (Wildman–Crippen LogP) is 3.31. The Labute approximate surface area is 185 Å². The number of hydrogen-bond acceptors (Lipinski definition) is 5. The molecule has 1 aliphatic carbocycles. The van der Waals surface area contributed by atoms with Crippen LogP contribution in [0, 0.1) is 11.8 Å². The van der Waals surface area contributed by atoms with E-state index >= 15 is 0 Å². The Morgan fingerprint density at radius 1 is 1.10 bits per heavy atom. The zero-order valence-electron chi connectivity index (χ0n) is 18.5. The van der Waals surface area contributed by atoms with Gasteiger partial charge in [0.2, 0.25) is 12.3 Å². The number of para-hydroxylation sites is 1. The Hall–Kier alpha value is -2.57. The number of methoxy groups -OCH3 is 1. The first kappa shape index (κ1) is 24.7. The highest BCUT2D eigenvalue weighted by molar-refractivity contribution is 5.85. The van der Waals surface area contributed by atoms with Crippen molar-refractivity contribution >= 4 is 18.3 Å². The Morgan fingerprint density at radius 2 is 1.77 bits per heavy atom. The van der Waals surface area contributed by atoms with E-state index in [1.807, 2.05) is 30.3 Å². The normalized spacial score (nSPS) is 21.0. The number of benzene rings is 1. The molecule has 2 N–H and O–H groups in total. The molecule has 172 valence electrons. The number of carbonyl (C=O) groups is 3. The van der Waals surface area contributed by atoms with Crippen molar-refractivity contribution < 1.29 is 23.9 Å². The van der Waals surface area contributed by atoms with Crippen LogP contribution in [0.5, 0.6) is 5.75 Å². The van der Waals surface area contributed by atoms with Gasteiger partial charge in [0.25, 0.3) is 0 Å². The average Bonchev–Trinajstić information content (AvgIpc) is 3.26. The molecule has 0 radical (unpaired) electrons. The molecule has 2 unspecified atom stereocenters. The minimum absolute atomic E-state index is 0.0772. The maximum Gasteiger partial charge on any atom is 0.328 e. The molecule has 2 atom stereocenters. The molecule has 1 saturated carbocycles. The molecular formula is C24H36N2O5. The number of amides is 2. The standard InChI is InChI=1S/C23H33NO4.CH3NO/c1-27-23(26)21-16-19(18-10-4-2-5-11-18)17-24(21)22(25)14-8-9-15-28-20-12-6-3-7-13-20;2-1-3/h3,6-7,12-13,18-19,21H,2,4-5,8-11,14-17H2,1H3;1H,(H2,2,3). The van der Waals surface area contributed by atoms with Gasteiger partial charge in [-0.15, -0.1) is 0 Å². The van der Waals surface area contributed by atoms with Crippen LogP contribution in [-0.4, -0.2) is 49.5 Å². The van der Waals surface area contributed by atoms with Crippen LogP contribution in [0.1, 0.15) is 57.8 Å². The maximum absolute atomic E-state index is 12.8.